The van der Waals surface area contributed by atoms with Gasteiger partial charge in [0.25, 0.3) is 0 Å². The summed E-state index contributed by atoms with van der Waals surface area (Å²) in [6.07, 6.45) is -0.447. The molecular weight excluding hydrogens is 284 g/mol. The number of ether oxygens (including phenoxy) is 3. The van der Waals surface area contributed by atoms with Crippen molar-refractivity contribution < 1.29 is 19.0 Å². The van der Waals surface area contributed by atoms with Crippen LogP contribution in [0.5, 0.6) is 5.75 Å². The van der Waals surface area contributed by atoms with Gasteiger partial charge in [-0.3, -0.25) is 0 Å². The highest BCUT2D eigenvalue weighted by atomic mass is 16.6. The van der Waals surface area contributed by atoms with Gasteiger partial charge in [-0.2, -0.15) is 0 Å². The summed E-state index contributed by atoms with van der Waals surface area (Å²) in [7, 11) is 1.58. The average Bonchev–Trinajstić information content (AvgIpc) is 2.36. The van der Waals surface area contributed by atoms with E-state index in [1.54, 1.807) is 13.2 Å². The Balaban J connectivity index is 2.34. The van der Waals surface area contributed by atoms with Crippen LogP contribution in [0, 0.1) is 0 Å². The van der Waals surface area contributed by atoms with Crippen LogP contribution in [0.1, 0.15) is 33.3 Å². The lowest BCUT2D eigenvalue weighted by Gasteiger charge is -2.22. The Bertz CT molecular complexity index is 497. The number of anilines is 1. The molecule has 3 N–H and O–H groups in total. The van der Waals surface area contributed by atoms with Gasteiger partial charge in [0.15, 0.2) is 0 Å². The van der Waals surface area contributed by atoms with Crippen molar-refractivity contribution in [3.8, 4) is 5.75 Å². The molecule has 1 aromatic carbocycles. The van der Waals surface area contributed by atoms with Gasteiger partial charge in [-0.25, -0.2) is 4.79 Å². The van der Waals surface area contributed by atoms with E-state index in [9.17, 15) is 4.79 Å². The van der Waals surface area contributed by atoms with E-state index in [1.807, 2.05) is 39.8 Å². The summed E-state index contributed by atoms with van der Waals surface area (Å²) in [6.45, 7) is 8.11. The highest BCUT2D eigenvalue weighted by Gasteiger charge is 2.17. The minimum atomic E-state index is -0.509. The Morgan fingerprint density at radius 3 is 2.59 bits per heavy atom. The summed E-state index contributed by atoms with van der Waals surface area (Å²) in [5.74, 6) is 0.642. The van der Waals surface area contributed by atoms with E-state index in [4.69, 9.17) is 19.9 Å². The zero-order valence-electron chi connectivity index (χ0n) is 13.9. The predicted octanol–water partition coefficient (Wildman–Crippen LogP) is 2.71. The fourth-order valence-electron chi connectivity index (χ4n) is 1.78. The topological polar surface area (TPSA) is 82.8 Å². The minimum Gasteiger partial charge on any atom is -0.495 e. The Hall–Kier alpha value is -1.95. The molecule has 1 rings (SSSR count). The maximum absolute atomic E-state index is 11.6. The molecule has 0 aliphatic rings. The van der Waals surface area contributed by atoms with Crippen LogP contribution in [0.3, 0.4) is 0 Å². The third kappa shape index (κ3) is 6.67. The molecule has 0 heterocycles. The molecule has 0 radical (unpaired) electrons. The first kappa shape index (κ1) is 18.1. The van der Waals surface area contributed by atoms with E-state index < -0.39 is 11.7 Å². The standard InChI is InChI=1S/C16H26N2O4/c1-11(18-15(19)22-16(2,3)4)9-21-10-12-6-7-14(20-5)13(17)8-12/h6-8,11H,9-10,17H2,1-5H3,(H,18,19). The molecule has 1 atom stereocenters. The van der Waals surface area contributed by atoms with Crippen molar-refractivity contribution in [2.75, 3.05) is 19.5 Å². The van der Waals surface area contributed by atoms with Crippen LogP contribution in [-0.4, -0.2) is 31.5 Å². The molecule has 0 bridgehead atoms. The largest absolute Gasteiger partial charge is 0.495 e. The number of carbonyl (C=O) groups excluding carboxylic acids is 1. The first-order valence-corrected chi connectivity index (χ1v) is 7.21. The molecule has 1 aromatic rings. The molecule has 6 nitrogen and oxygen atoms in total. The van der Waals surface area contributed by atoms with Gasteiger partial charge < -0.3 is 25.3 Å². The molecule has 6 heteroatoms. The number of methoxy groups -OCH3 is 1. The Morgan fingerprint density at radius 2 is 2.05 bits per heavy atom. The number of amides is 1. The normalized spacial score (nSPS) is 12.6. The zero-order valence-corrected chi connectivity index (χ0v) is 13.9. The van der Waals surface area contributed by atoms with E-state index in [-0.39, 0.29) is 6.04 Å². The number of hydrogen-bond donors (Lipinski definition) is 2. The van der Waals surface area contributed by atoms with Crippen LogP contribution in [-0.2, 0) is 16.1 Å². The number of rotatable bonds is 6. The number of nitrogens with one attached hydrogen (secondary N) is 1. The van der Waals surface area contributed by atoms with Crippen LogP contribution in [0.2, 0.25) is 0 Å². The molecule has 124 valence electrons. The summed E-state index contributed by atoms with van der Waals surface area (Å²) >= 11 is 0. The fraction of sp³-hybridized carbons (Fsp3) is 0.562. The van der Waals surface area contributed by atoms with Crippen LogP contribution in [0.25, 0.3) is 0 Å². The van der Waals surface area contributed by atoms with Crippen LogP contribution in [0.4, 0.5) is 10.5 Å². The van der Waals surface area contributed by atoms with Gasteiger partial charge in [-0.05, 0) is 45.4 Å². The van der Waals surface area contributed by atoms with Crippen LogP contribution < -0.4 is 15.8 Å². The molecule has 0 aliphatic heterocycles. The third-order valence-corrected chi connectivity index (χ3v) is 2.69. The molecule has 0 aromatic heterocycles. The predicted molar refractivity (Wildman–Crippen MR) is 85.9 cm³/mol. The van der Waals surface area contributed by atoms with Crippen LogP contribution >= 0.6 is 0 Å². The zero-order chi connectivity index (χ0) is 16.8. The maximum atomic E-state index is 11.6. The van der Waals surface area contributed by atoms with Crippen LogP contribution in [0.15, 0.2) is 18.2 Å². The molecular formula is C16H26N2O4. The summed E-state index contributed by atoms with van der Waals surface area (Å²) < 4.78 is 15.9. The van der Waals surface area contributed by atoms with Gasteiger partial charge in [-0.1, -0.05) is 6.07 Å². The van der Waals surface area contributed by atoms with E-state index in [0.29, 0.717) is 24.7 Å². The van der Waals surface area contributed by atoms with Gasteiger partial charge in [0.05, 0.1) is 32.1 Å². The van der Waals surface area contributed by atoms with E-state index in [0.717, 1.165) is 5.56 Å². The lowest BCUT2D eigenvalue weighted by atomic mass is 10.2. The second-order valence-electron chi connectivity index (χ2n) is 6.14. The van der Waals surface area contributed by atoms with Gasteiger partial charge >= 0.3 is 6.09 Å². The van der Waals surface area contributed by atoms with Crippen molar-refractivity contribution in [1.29, 1.82) is 0 Å². The van der Waals surface area contributed by atoms with E-state index >= 15 is 0 Å². The molecule has 1 unspecified atom stereocenters. The molecule has 0 saturated carbocycles. The molecule has 1 amide bonds. The maximum Gasteiger partial charge on any atom is 0.407 e. The SMILES string of the molecule is COc1ccc(COCC(C)NC(=O)OC(C)(C)C)cc1N. The Morgan fingerprint density at radius 1 is 1.36 bits per heavy atom. The third-order valence-electron chi connectivity index (χ3n) is 2.69. The number of carbonyl (C=O) groups is 1. The second kappa shape index (κ2) is 7.89. The molecule has 0 fully saturated rings. The van der Waals surface area contributed by atoms with Crippen molar-refractivity contribution in [2.24, 2.45) is 0 Å². The quantitative estimate of drug-likeness (QED) is 0.789. The highest BCUT2D eigenvalue weighted by Crippen LogP contribution is 2.22. The van der Waals surface area contributed by atoms with Crippen molar-refractivity contribution in [3.05, 3.63) is 23.8 Å². The number of nitrogens with two attached hydrogens (primary N) is 1. The molecule has 0 spiro atoms. The number of nitrogen functional groups attached to an aromatic ring is 1. The van der Waals surface area contributed by atoms with Crippen molar-refractivity contribution in [1.82, 2.24) is 5.32 Å². The van der Waals surface area contributed by atoms with Gasteiger partial charge in [-0.15, -0.1) is 0 Å². The summed E-state index contributed by atoms with van der Waals surface area (Å²) in [4.78, 5) is 11.6. The van der Waals surface area contributed by atoms with Crippen molar-refractivity contribution in [2.45, 2.75) is 45.9 Å². The lowest BCUT2D eigenvalue weighted by Crippen LogP contribution is -2.39. The van der Waals surface area contributed by atoms with E-state index in [1.165, 1.54) is 0 Å². The molecule has 0 saturated heterocycles. The molecule has 22 heavy (non-hydrogen) atoms. The smallest absolute Gasteiger partial charge is 0.407 e. The number of alkyl carbamates (subject to hydrolysis) is 1. The first-order chi connectivity index (χ1) is 10.2. The average molecular weight is 310 g/mol. The number of hydrogen-bond acceptors (Lipinski definition) is 5. The second-order valence-corrected chi connectivity index (χ2v) is 6.14. The highest BCUT2D eigenvalue weighted by molar-refractivity contribution is 5.68. The van der Waals surface area contributed by atoms with Crippen molar-refractivity contribution >= 4 is 11.8 Å². The molecule has 0 aliphatic carbocycles. The summed E-state index contributed by atoms with van der Waals surface area (Å²) in [5, 5.41) is 2.72. The fourth-order valence-corrected chi connectivity index (χ4v) is 1.78. The Kier molecular flexibility index (Phi) is 6.49. The monoisotopic (exact) mass is 310 g/mol. The van der Waals surface area contributed by atoms with Crippen molar-refractivity contribution in [3.63, 3.8) is 0 Å². The van der Waals surface area contributed by atoms with Gasteiger partial charge in [0.1, 0.15) is 11.4 Å². The summed E-state index contributed by atoms with van der Waals surface area (Å²) in [5.41, 5.74) is 6.85. The first-order valence-electron chi connectivity index (χ1n) is 7.21. The van der Waals surface area contributed by atoms with E-state index in [2.05, 4.69) is 5.32 Å². The van der Waals surface area contributed by atoms with Gasteiger partial charge in [0, 0.05) is 0 Å². The van der Waals surface area contributed by atoms with Gasteiger partial charge in [0.2, 0.25) is 0 Å². The lowest BCUT2D eigenvalue weighted by molar-refractivity contribution is 0.0442. The number of benzene rings is 1. The minimum absolute atomic E-state index is 0.148. The summed E-state index contributed by atoms with van der Waals surface area (Å²) in [6, 6.07) is 5.35. The Labute approximate surface area is 131 Å².